The lowest BCUT2D eigenvalue weighted by Crippen LogP contribution is -2.08. The van der Waals surface area contributed by atoms with E-state index in [1.54, 1.807) is 5.56 Å². The van der Waals surface area contributed by atoms with Crippen LogP contribution in [0.2, 0.25) is 0 Å². The van der Waals surface area contributed by atoms with Crippen LogP contribution in [-0.4, -0.2) is 0 Å². The van der Waals surface area contributed by atoms with Crippen LogP contribution in [0.25, 0.3) is 0 Å². The third-order valence-corrected chi connectivity index (χ3v) is 2.96. The Morgan fingerprint density at radius 2 is 1.39 bits per heavy atom. The molecule has 1 aliphatic carbocycles. The molecule has 0 bridgehead atoms. The molecule has 0 aromatic heterocycles. The molecule has 1 aromatic rings. The normalized spacial score (nSPS) is 12.5. The average Bonchev–Trinajstić information content (AvgIpc) is 2.44. The maximum Gasteiger partial charge on any atom is -0.0162 e. The number of hydrogen-bond acceptors (Lipinski definition) is 0. The van der Waals surface area contributed by atoms with Crippen molar-refractivity contribution in [3.8, 4) is 0 Å². The lowest BCUT2D eigenvalue weighted by molar-refractivity contribution is 0.419. The summed E-state index contributed by atoms with van der Waals surface area (Å²) in [6.45, 7) is 16.2. The van der Waals surface area contributed by atoms with Crippen molar-refractivity contribution in [2.75, 3.05) is 0 Å². The van der Waals surface area contributed by atoms with Gasteiger partial charge < -0.3 is 0 Å². The van der Waals surface area contributed by atoms with E-state index in [1.165, 1.54) is 24.8 Å². The number of rotatable bonds is 2. The SMILES string of the molecule is C=C.CC.CC.CCc1ccc(C2CCC2)cc1. The first-order valence-electron chi connectivity index (χ1n) is 7.49. The molecule has 18 heavy (non-hydrogen) atoms. The number of aryl methyl sites for hydroxylation is 1. The van der Waals surface area contributed by atoms with E-state index < -0.39 is 0 Å². The average molecular weight is 248 g/mol. The van der Waals surface area contributed by atoms with Crippen molar-refractivity contribution in [3.05, 3.63) is 48.6 Å². The van der Waals surface area contributed by atoms with Crippen LogP contribution >= 0.6 is 0 Å². The molecule has 1 aromatic carbocycles. The number of benzene rings is 1. The second kappa shape index (κ2) is 14.0. The second-order valence-electron chi connectivity index (χ2n) is 3.72. The zero-order valence-corrected chi connectivity index (χ0v) is 13.1. The van der Waals surface area contributed by atoms with Crippen molar-refractivity contribution in [2.45, 2.75) is 66.2 Å². The molecular weight excluding hydrogens is 216 g/mol. The van der Waals surface area contributed by atoms with Crippen molar-refractivity contribution >= 4 is 0 Å². The van der Waals surface area contributed by atoms with Gasteiger partial charge in [-0.15, -0.1) is 13.2 Å². The Kier molecular flexibility index (Phi) is 15.0. The molecule has 2 rings (SSSR count). The van der Waals surface area contributed by atoms with Gasteiger partial charge in [-0.2, -0.15) is 0 Å². The van der Waals surface area contributed by atoms with Crippen LogP contribution in [0.3, 0.4) is 0 Å². The van der Waals surface area contributed by atoms with Crippen LogP contribution in [0.1, 0.15) is 70.9 Å². The maximum atomic E-state index is 3.00. The molecular formula is C18H32. The van der Waals surface area contributed by atoms with Crippen LogP contribution in [0.5, 0.6) is 0 Å². The molecule has 0 radical (unpaired) electrons. The molecule has 0 atom stereocenters. The first kappa shape index (κ1) is 19.3. The Balaban J connectivity index is 0. The maximum absolute atomic E-state index is 3.00. The molecule has 0 nitrogen and oxygen atoms in total. The molecule has 0 heterocycles. The second-order valence-corrected chi connectivity index (χ2v) is 3.72. The van der Waals surface area contributed by atoms with Crippen molar-refractivity contribution in [1.29, 1.82) is 0 Å². The number of hydrogen-bond donors (Lipinski definition) is 0. The molecule has 0 amide bonds. The van der Waals surface area contributed by atoms with Crippen LogP contribution in [0, 0.1) is 0 Å². The lowest BCUT2D eigenvalue weighted by Gasteiger charge is -2.25. The minimum Gasteiger partial charge on any atom is -0.106 e. The van der Waals surface area contributed by atoms with Crippen LogP contribution in [0.4, 0.5) is 0 Å². The molecule has 1 saturated carbocycles. The third kappa shape index (κ3) is 6.64. The predicted molar refractivity (Wildman–Crippen MR) is 86.4 cm³/mol. The van der Waals surface area contributed by atoms with E-state index in [9.17, 15) is 0 Å². The van der Waals surface area contributed by atoms with E-state index >= 15 is 0 Å². The highest BCUT2D eigenvalue weighted by atomic mass is 14.2. The van der Waals surface area contributed by atoms with E-state index in [4.69, 9.17) is 0 Å². The van der Waals surface area contributed by atoms with Gasteiger partial charge in [0.2, 0.25) is 0 Å². The van der Waals surface area contributed by atoms with Gasteiger partial charge in [-0.25, -0.2) is 0 Å². The summed E-state index contributed by atoms with van der Waals surface area (Å²) in [5.74, 6) is 0.885. The van der Waals surface area contributed by atoms with Crippen molar-refractivity contribution in [2.24, 2.45) is 0 Å². The van der Waals surface area contributed by atoms with Crippen molar-refractivity contribution in [1.82, 2.24) is 0 Å². The molecule has 0 heteroatoms. The molecule has 1 aliphatic rings. The van der Waals surface area contributed by atoms with Crippen LogP contribution in [0.15, 0.2) is 37.4 Å². The Morgan fingerprint density at radius 3 is 1.67 bits per heavy atom. The summed E-state index contributed by atoms with van der Waals surface area (Å²) in [5, 5.41) is 0. The molecule has 0 aliphatic heterocycles. The zero-order valence-electron chi connectivity index (χ0n) is 13.1. The quantitative estimate of drug-likeness (QED) is 0.533. The van der Waals surface area contributed by atoms with Gasteiger partial charge in [-0.1, -0.05) is 65.3 Å². The highest BCUT2D eigenvalue weighted by Gasteiger charge is 2.18. The summed E-state index contributed by atoms with van der Waals surface area (Å²) in [7, 11) is 0. The minimum atomic E-state index is 0.885. The monoisotopic (exact) mass is 248 g/mol. The predicted octanol–water partition coefficient (Wildman–Crippen LogP) is 6.37. The third-order valence-electron chi connectivity index (χ3n) is 2.96. The molecule has 0 N–H and O–H groups in total. The lowest BCUT2D eigenvalue weighted by atomic mass is 9.80. The summed E-state index contributed by atoms with van der Waals surface area (Å²) >= 11 is 0. The molecule has 0 spiro atoms. The summed E-state index contributed by atoms with van der Waals surface area (Å²) < 4.78 is 0. The van der Waals surface area contributed by atoms with E-state index in [-0.39, 0.29) is 0 Å². The minimum absolute atomic E-state index is 0.885. The molecule has 1 fully saturated rings. The Labute approximate surface area is 115 Å². The fourth-order valence-electron chi connectivity index (χ4n) is 1.77. The summed E-state index contributed by atoms with van der Waals surface area (Å²) in [5.41, 5.74) is 3.01. The van der Waals surface area contributed by atoms with Crippen LogP contribution in [-0.2, 0) is 6.42 Å². The van der Waals surface area contributed by atoms with Crippen LogP contribution < -0.4 is 0 Å². The van der Waals surface area contributed by atoms with Gasteiger partial charge in [0.25, 0.3) is 0 Å². The fraction of sp³-hybridized carbons (Fsp3) is 0.556. The van der Waals surface area contributed by atoms with Crippen molar-refractivity contribution in [3.63, 3.8) is 0 Å². The van der Waals surface area contributed by atoms with E-state index in [1.807, 2.05) is 27.7 Å². The van der Waals surface area contributed by atoms with Crippen molar-refractivity contribution < 1.29 is 0 Å². The van der Waals surface area contributed by atoms with Gasteiger partial charge in [-0.05, 0) is 36.3 Å². The first-order chi connectivity index (χ1) is 8.90. The summed E-state index contributed by atoms with van der Waals surface area (Å²) in [6.07, 6.45) is 5.40. The van der Waals surface area contributed by atoms with Gasteiger partial charge in [-0.3, -0.25) is 0 Å². The summed E-state index contributed by atoms with van der Waals surface area (Å²) in [4.78, 5) is 0. The highest BCUT2D eigenvalue weighted by molar-refractivity contribution is 5.26. The molecule has 104 valence electrons. The molecule has 0 unspecified atom stereocenters. The van der Waals surface area contributed by atoms with Gasteiger partial charge in [0.05, 0.1) is 0 Å². The smallest absolute Gasteiger partial charge is 0.0162 e. The van der Waals surface area contributed by atoms with Gasteiger partial charge in [0, 0.05) is 0 Å². The van der Waals surface area contributed by atoms with Gasteiger partial charge in [0.15, 0.2) is 0 Å². The molecule has 0 saturated heterocycles. The Morgan fingerprint density at radius 1 is 0.944 bits per heavy atom. The first-order valence-corrected chi connectivity index (χ1v) is 7.49. The standard InChI is InChI=1S/C12H16.2C2H6.C2H4/c1-2-10-6-8-12(9-7-10)11-4-3-5-11;3*1-2/h6-9,11H,2-5H2,1H3;2*1-2H3;1-2H2. The largest absolute Gasteiger partial charge is 0.106 e. The van der Waals surface area contributed by atoms with Gasteiger partial charge in [0.1, 0.15) is 0 Å². The summed E-state index contributed by atoms with van der Waals surface area (Å²) in [6, 6.07) is 9.16. The zero-order chi connectivity index (χ0) is 14.4. The van der Waals surface area contributed by atoms with E-state index in [2.05, 4.69) is 44.3 Å². The Hall–Kier alpha value is -1.04. The fourth-order valence-corrected chi connectivity index (χ4v) is 1.77. The highest BCUT2D eigenvalue weighted by Crippen LogP contribution is 2.36. The topological polar surface area (TPSA) is 0 Å². The van der Waals surface area contributed by atoms with E-state index in [0.29, 0.717) is 0 Å². The van der Waals surface area contributed by atoms with Gasteiger partial charge >= 0.3 is 0 Å². The van der Waals surface area contributed by atoms with E-state index in [0.717, 1.165) is 12.3 Å². The Bertz CT molecular complexity index is 254.